The molecule has 0 amide bonds. The summed E-state index contributed by atoms with van der Waals surface area (Å²) in [5.41, 5.74) is 0. The molecule has 0 radical (unpaired) electrons. The van der Waals surface area contributed by atoms with Gasteiger partial charge in [0.15, 0.2) is 0 Å². The van der Waals surface area contributed by atoms with Gasteiger partial charge in [0.25, 0.3) is 0 Å². The lowest BCUT2D eigenvalue weighted by molar-refractivity contribution is -0.145. The minimum absolute atomic E-state index is 0.140. The molecule has 1 N–H and O–H groups in total. The van der Waals surface area contributed by atoms with Gasteiger partial charge in [0.2, 0.25) is 0 Å². The number of carboxylic acid groups (broad SMARTS) is 1. The second kappa shape index (κ2) is 6.71. The third-order valence-corrected chi connectivity index (χ3v) is 4.83. The van der Waals surface area contributed by atoms with Gasteiger partial charge in [-0.15, -0.1) is 0 Å². The number of ether oxygens (including phenoxy) is 1. The minimum Gasteiger partial charge on any atom is -0.480 e. The zero-order valence-corrected chi connectivity index (χ0v) is 12.2. The van der Waals surface area contributed by atoms with Crippen LogP contribution in [0.1, 0.15) is 46.0 Å². The Labute approximate surface area is 116 Å². The van der Waals surface area contributed by atoms with Gasteiger partial charge in [-0.1, -0.05) is 20.3 Å². The number of carbonyl (C=O) groups is 1. The molecule has 0 bridgehead atoms. The molecule has 0 aromatic carbocycles. The first-order valence-corrected chi connectivity index (χ1v) is 7.65. The maximum Gasteiger partial charge on any atom is 0.329 e. The Morgan fingerprint density at radius 1 is 1.16 bits per heavy atom. The number of rotatable bonds is 4. The molecular formula is C15H27NO3. The van der Waals surface area contributed by atoms with E-state index in [2.05, 4.69) is 18.7 Å². The van der Waals surface area contributed by atoms with Crippen molar-refractivity contribution >= 4 is 5.97 Å². The van der Waals surface area contributed by atoms with E-state index in [9.17, 15) is 4.79 Å². The van der Waals surface area contributed by atoms with E-state index in [-0.39, 0.29) is 12.7 Å². The topological polar surface area (TPSA) is 49.8 Å². The Balaban J connectivity index is 1.80. The SMILES string of the molecule is CC1CCCC(C)C1N1CCC(OCC(=O)O)CC1. The van der Waals surface area contributed by atoms with Gasteiger partial charge in [-0.25, -0.2) is 4.79 Å². The van der Waals surface area contributed by atoms with Crippen LogP contribution < -0.4 is 0 Å². The van der Waals surface area contributed by atoms with Gasteiger partial charge in [-0.3, -0.25) is 4.90 Å². The van der Waals surface area contributed by atoms with Crippen LogP contribution in [0.5, 0.6) is 0 Å². The van der Waals surface area contributed by atoms with Gasteiger partial charge in [0, 0.05) is 19.1 Å². The number of hydrogen-bond acceptors (Lipinski definition) is 3. The minimum atomic E-state index is -0.864. The molecular weight excluding hydrogens is 242 g/mol. The maximum absolute atomic E-state index is 10.5. The van der Waals surface area contributed by atoms with Crippen LogP contribution in [0, 0.1) is 11.8 Å². The van der Waals surface area contributed by atoms with Crippen molar-refractivity contribution in [2.75, 3.05) is 19.7 Å². The van der Waals surface area contributed by atoms with Crippen LogP contribution in [0.25, 0.3) is 0 Å². The molecule has 1 aliphatic heterocycles. The lowest BCUT2D eigenvalue weighted by Gasteiger charge is -2.45. The van der Waals surface area contributed by atoms with Gasteiger partial charge in [0.05, 0.1) is 6.10 Å². The Bertz CT molecular complexity index is 290. The van der Waals surface area contributed by atoms with Crippen molar-refractivity contribution in [3.63, 3.8) is 0 Å². The van der Waals surface area contributed by atoms with Crippen molar-refractivity contribution in [2.45, 2.75) is 58.1 Å². The van der Waals surface area contributed by atoms with Crippen molar-refractivity contribution in [3.05, 3.63) is 0 Å². The van der Waals surface area contributed by atoms with E-state index in [4.69, 9.17) is 9.84 Å². The lowest BCUT2D eigenvalue weighted by Crippen LogP contribution is -2.50. The average molecular weight is 269 g/mol. The highest BCUT2D eigenvalue weighted by Gasteiger charge is 2.34. The first-order chi connectivity index (χ1) is 9.08. The van der Waals surface area contributed by atoms with E-state index < -0.39 is 5.97 Å². The van der Waals surface area contributed by atoms with Crippen LogP contribution >= 0.6 is 0 Å². The van der Waals surface area contributed by atoms with Gasteiger partial charge in [-0.2, -0.15) is 0 Å². The molecule has 0 aromatic rings. The molecule has 2 atom stereocenters. The summed E-state index contributed by atoms with van der Waals surface area (Å²) in [6.07, 6.45) is 6.17. The van der Waals surface area contributed by atoms with Crippen molar-refractivity contribution in [2.24, 2.45) is 11.8 Å². The summed E-state index contributed by atoms with van der Waals surface area (Å²) in [4.78, 5) is 13.1. The van der Waals surface area contributed by atoms with Crippen LogP contribution in [0.2, 0.25) is 0 Å². The van der Waals surface area contributed by atoms with Crippen molar-refractivity contribution in [1.82, 2.24) is 4.90 Å². The molecule has 2 unspecified atom stereocenters. The summed E-state index contributed by atoms with van der Waals surface area (Å²) in [5.74, 6) is 0.720. The fourth-order valence-electron chi connectivity index (χ4n) is 3.91. The Hall–Kier alpha value is -0.610. The molecule has 2 rings (SSSR count). The first-order valence-electron chi connectivity index (χ1n) is 7.65. The molecule has 0 spiro atoms. The number of carboxylic acids is 1. The van der Waals surface area contributed by atoms with Gasteiger partial charge < -0.3 is 9.84 Å². The fourth-order valence-corrected chi connectivity index (χ4v) is 3.91. The summed E-state index contributed by atoms with van der Waals surface area (Å²) in [6, 6.07) is 0.717. The number of nitrogens with zero attached hydrogens (tertiary/aromatic N) is 1. The number of piperidine rings is 1. The first kappa shape index (κ1) is 14.8. The second-order valence-electron chi connectivity index (χ2n) is 6.32. The molecule has 4 nitrogen and oxygen atoms in total. The van der Waals surface area contributed by atoms with Crippen LogP contribution in [-0.4, -0.2) is 47.8 Å². The van der Waals surface area contributed by atoms with Crippen molar-refractivity contribution in [3.8, 4) is 0 Å². The maximum atomic E-state index is 10.5. The summed E-state index contributed by atoms with van der Waals surface area (Å²) >= 11 is 0. The van der Waals surface area contributed by atoms with E-state index in [0.29, 0.717) is 6.04 Å². The van der Waals surface area contributed by atoms with Crippen LogP contribution in [0.4, 0.5) is 0 Å². The number of hydrogen-bond donors (Lipinski definition) is 1. The Morgan fingerprint density at radius 2 is 1.74 bits per heavy atom. The highest BCUT2D eigenvalue weighted by Crippen LogP contribution is 2.34. The highest BCUT2D eigenvalue weighted by molar-refractivity contribution is 5.68. The molecule has 1 heterocycles. The predicted molar refractivity (Wildman–Crippen MR) is 74.1 cm³/mol. The standard InChI is InChI=1S/C15H27NO3/c1-11-4-3-5-12(2)15(11)16-8-6-13(7-9-16)19-10-14(17)18/h11-13,15H,3-10H2,1-2H3,(H,17,18). The number of likely N-dealkylation sites (tertiary alicyclic amines) is 1. The molecule has 4 heteroatoms. The van der Waals surface area contributed by atoms with E-state index in [1.807, 2.05) is 0 Å². The van der Waals surface area contributed by atoms with Gasteiger partial charge >= 0.3 is 5.97 Å². The summed E-state index contributed by atoms with van der Waals surface area (Å²) < 4.78 is 5.41. The predicted octanol–water partition coefficient (Wildman–Crippen LogP) is 2.38. The highest BCUT2D eigenvalue weighted by atomic mass is 16.5. The van der Waals surface area contributed by atoms with E-state index in [0.717, 1.165) is 37.8 Å². The molecule has 0 aromatic heterocycles. The largest absolute Gasteiger partial charge is 0.480 e. The summed E-state index contributed by atoms with van der Waals surface area (Å²) in [7, 11) is 0. The second-order valence-corrected chi connectivity index (χ2v) is 6.32. The molecule has 2 fully saturated rings. The summed E-state index contributed by atoms with van der Waals surface area (Å²) in [6.45, 7) is 6.73. The van der Waals surface area contributed by atoms with E-state index in [1.54, 1.807) is 0 Å². The average Bonchev–Trinajstić information content (AvgIpc) is 2.37. The zero-order chi connectivity index (χ0) is 13.8. The smallest absolute Gasteiger partial charge is 0.329 e. The molecule has 110 valence electrons. The van der Waals surface area contributed by atoms with Gasteiger partial charge in [0.1, 0.15) is 6.61 Å². The van der Waals surface area contributed by atoms with Gasteiger partial charge in [-0.05, 0) is 37.5 Å². The molecule has 1 aliphatic carbocycles. The van der Waals surface area contributed by atoms with E-state index in [1.165, 1.54) is 19.3 Å². The molecule has 19 heavy (non-hydrogen) atoms. The Kier molecular flexibility index (Phi) is 5.22. The third-order valence-electron chi connectivity index (χ3n) is 4.83. The van der Waals surface area contributed by atoms with Crippen molar-refractivity contribution < 1.29 is 14.6 Å². The zero-order valence-electron chi connectivity index (χ0n) is 12.2. The van der Waals surface area contributed by atoms with Crippen LogP contribution in [0.15, 0.2) is 0 Å². The summed E-state index contributed by atoms with van der Waals surface area (Å²) in [5, 5.41) is 8.63. The van der Waals surface area contributed by atoms with Crippen LogP contribution in [0.3, 0.4) is 0 Å². The molecule has 2 aliphatic rings. The lowest BCUT2D eigenvalue weighted by atomic mass is 9.77. The third kappa shape index (κ3) is 3.93. The Morgan fingerprint density at radius 3 is 2.26 bits per heavy atom. The molecule has 1 saturated carbocycles. The normalized spacial score (nSPS) is 34.3. The van der Waals surface area contributed by atoms with E-state index >= 15 is 0 Å². The molecule has 1 saturated heterocycles. The monoisotopic (exact) mass is 269 g/mol. The van der Waals surface area contributed by atoms with Crippen molar-refractivity contribution in [1.29, 1.82) is 0 Å². The quantitative estimate of drug-likeness (QED) is 0.851. The number of aliphatic carboxylic acids is 1. The van der Waals surface area contributed by atoms with Crippen LogP contribution in [-0.2, 0) is 9.53 Å². The fraction of sp³-hybridized carbons (Fsp3) is 0.933.